The fraction of sp³-hybridized carbons (Fsp3) is 0.318. The minimum absolute atomic E-state index is 0.513. The van der Waals surface area contributed by atoms with Crippen LogP contribution in [0.15, 0.2) is 65.7 Å². The van der Waals surface area contributed by atoms with Crippen LogP contribution < -0.4 is 14.8 Å². The smallest absolute Gasteiger partial charge is 0.162 e. The Morgan fingerprint density at radius 2 is 1.93 bits per heavy atom. The lowest BCUT2D eigenvalue weighted by Gasteiger charge is -2.15. The molecule has 0 unspecified atom stereocenters. The van der Waals surface area contributed by atoms with Crippen molar-refractivity contribution in [3.63, 3.8) is 0 Å². The highest BCUT2D eigenvalue weighted by molar-refractivity contribution is 9.10. The van der Waals surface area contributed by atoms with E-state index in [9.17, 15) is 0 Å². The van der Waals surface area contributed by atoms with Crippen LogP contribution in [-0.2, 0) is 19.7 Å². The third kappa shape index (κ3) is 6.11. The number of nitrogens with one attached hydrogen (secondary N) is 1. The summed E-state index contributed by atoms with van der Waals surface area (Å²) in [6.45, 7) is 5.76. The van der Waals surface area contributed by atoms with Gasteiger partial charge in [-0.1, -0.05) is 46.3 Å². The maximum Gasteiger partial charge on any atom is 0.162 e. The molecule has 3 rings (SSSR count). The van der Waals surface area contributed by atoms with Crippen molar-refractivity contribution in [2.75, 3.05) is 13.2 Å². The molecule has 0 aliphatic rings. The van der Waals surface area contributed by atoms with Crippen molar-refractivity contribution in [1.82, 2.24) is 14.9 Å². The predicted octanol–water partition coefficient (Wildman–Crippen LogP) is 4.80. The summed E-state index contributed by atoms with van der Waals surface area (Å²) in [6, 6.07) is 14.2. The van der Waals surface area contributed by atoms with Gasteiger partial charge in [0.05, 0.1) is 12.9 Å². The lowest BCUT2D eigenvalue weighted by Crippen LogP contribution is -2.16. The number of imidazole rings is 1. The fourth-order valence-electron chi connectivity index (χ4n) is 2.86. The van der Waals surface area contributed by atoms with Gasteiger partial charge in [0.25, 0.3) is 0 Å². The lowest BCUT2D eigenvalue weighted by molar-refractivity contribution is 0.269. The van der Waals surface area contributed by atoms with Crippen molar-refractivity contribution >= 4 is 15.9 Å². The van der Waals surface area contributed by atoms with Gasteiger partial charge in [-0.15, -0.1) is 0 Å². The van der Waals surface area contributed by atoms with Gasteiger partial charge in [0.15, 0.2) is 11.5 Å². The predicted molar refractivity (Wildman–Crippen MR) is 115 cm³/mol. The number of hydrogen-bond donors (Lipinski definition) is 1. The molecule has 0 spiro atoms. The summed E-state index contributed by atoms with van der Waals surface area (Å²) in [4.78, 5) is 4.06. The Bertz CT molecular complexity index is 838. The first-order valence-electron chi connectivity index (χ1n) is 9.54. The molecule has 0 aliphatic heterocycles. The number of aryl methyl sites for hydroxylation is 1. The number of aromatic nitrogens is 2. The van der Waals surface area contributed by atoms with Crippen LogP contribution >= 0.6 is 15.9 Å². The number of hydrogen-bond acceptors (Lipinski definition) is 4. The molecule has 0 bridgehead atoms. The summed E-state index contributed by atoms with van der Waals surface area (Å²) in [5.74, 6) is 1.53. The molecule has 0 amide bonds. The van der Waals surface area contributed by atoms with Gasteiger partial charge in [-0.2, -0.15) is 0 Å². The van der Waals surface area contributed by atoms with Gasteiger partial charge >= 0.3 is 0 Å². The Balaban J connectivity index is 1.56. The molecule has 2 aromatic carbocycles. The van der Waals surface area contributed by atoms with E-state index in [2.05, 4.69) is 49.0 Å². The Labute approximate surface area is 174 Å². The molecule has 0 aliphatic carbocycles. The topological polar surface area (TPSA) is 48.3 Å². The van der Waals surface area contributed by atoms with E-state index in [1.165, 1.54) is 0 Å². The van der Waals surface area contributed by atoms with E-state index in [4.69, 9.17) is 9.47 Å². The van der Waals surface area contributed by atoms with E-state index in [-0.39, 0.29) is 0 Å². The summed E-state index contributed by atoms with van der Waals surface area (Å²) >= 11 is 3.67. The highest BCUT2D eigenvalue weighted by atomic mass is 79.9. The zero-order chi connectivity index (χ0) is 19.6. The molecule has 6 heteroatoms. The standard InChI is InChI=1S/C22H26BrN3O2/c1-2-27-21-13-19(15-24-9-6-11-26-12-10-25-17-26)20(23)14-22(21)28-16-18-7-4-3-5-8-18/h3-5,7-8,10,12-14,17,24H,2,6,9,11,15-16H2,1H3. The molecule has 28 heavy (non-hydrogen) atoms. The Kier molecular flexibility index (Phi) is 7.94. The van der Waals surface area contributed by atoms with E-state index in [0.717, 1.165) is 53.2 Å². The van der Waals surface area contributed by atoms with Gasteiger partial charge in [0.2, 0.25) is 0 Å². The average molecular weight is 444 g/mol. The quantitative estimate of drug-likeness (QED) is 0.432. The third-order valence-electron chi connectivity index (χ3n) is 4.29. The Morgan fingerprint density at radius 3 is 2.68 bits per heavy atom. The molecule has 1 aromatic heterocycles. The summed E-state index contributed by atoms with van der Waals surface area (Å²) in [6.07, 6.45) is 6.68. The number of rotatable bonds is 11. The zero-order valence-corrected chi connectivity index (χ0v) is 17.7. The highest BCUT2D eigenvalue weighted by Crippen LogP contribution is 2.34. The summed E-state index contributed by atoms with van der Waals surface area (Å²) in [5.41, 5.74) is 2.28. The molecule has 1 N–H and O–H groups in total. The second-order valence-electron chi connectivity index (χ2n) is 6.43. The molecule has 1 heterocycles. The SMILES string of the molecule is CCOc1cc(CNCCCn2ccnc2)c(Br)cc1OCc1ccccc1. The van der Waals surface area contributed by atoms with Gasteiger partial charge in [0.1, 0.15) is 6.61 Å². The molecule has 148 valence electrons. The lowest BCUT2D eigenvalue weighted by atomic mass is 10.2. The molecule has 0 atom stereocenters. The molecule has 0 fully saturated rings. The molecule has 5 nitrogen and oxygen atoms in total. The van der Waals surface area contributed by atoms with Crippen LogP contribution in [0.4, 0.5) is 0 Å². The average Bonchev–Trinajstić information content (AvgIpc) is 3.23. The van der Waals surface area contributed by atoms with Gasteiger partial charge in [-0.05, 0) is 43.1 Å². The molecule has 0 saturated carbocycles. The number of halogens is 1. The number of benzene rings is 2. The van der Waals surface area contributed by atoms with Gasteiger partial charge in [0, 0.05) is 30.0 Å². The fourth-order valence-corrected chi connectivity index (χ4v) is 3.32. The van der Waals surface area contributed by atoms with Crippen LogP contribution in [0.2, 0.25) is 0 Å². The van der Waals surface area contributed by atoms with Crippen molar-refractivity contribution in [2.45, 2.75) is 33.0 Å². The van der Waals surface area contributed by atoms with Crippen molar-refractivity contribution in [1.29, 1.82) is 0 Å². The summed E-state index contributed by atoms with van der Waals surface area (Å²) in [5, 5.41) is 3.49. The largest absolute Gasteiger partial charge is 0.490 e. The monoisotopic (exact) mass is 443 g/mol. The molecule has 0 radical (unpaired) electrons. The second-order valence-corrected chi connectivity index (χ2v) is 7.28. The maximum absolute atomic E-state index is 6.01. The normalized spacial score (nSPS) is 10.8. The molecule has 3 aromatic rings. The Morgan fingerprint density at radius 1 is 1.11 bits per heavy atom. The van der Waals surface area contributed by atoms with Crippen LogP contribution in [-0.4, -0.2) is 22.7 Å². The van der Waals surface area contributed by atoms with Crippen molar-refractivity contribution < 1.29 is 9.47 Å². The van der Waals surface area contributed by atoms with E-state index >= 15 is 0 Å². The number of nitrogens with zero attached hydrogens (tertiary/aromatic N) is 2. The summed E-state index contributed by atoms with van der Waals surface area (Å²) < 4.78 is 14.9. The first-order valence-corrected chi connectivity index (χ1v) is 10.3. The maximum atomic E-state index is 6.01. The Hall–Kier alpha value is -2.31. The molecule has 0 saturated heterocycles. The van der Waals surface area contributed by atoms with Gasteiger partial charge in [-0.25, -0.2) is 4.98 Å². The van der Waals surface area contributed by atoms with Crippen LogP contribution in [0.3, 0.4) is 0 Å². The zero-order valence-electron chi connectivity index (χ0n) is 16.1. The van der Waals surface area contributed by atoms with Crippen molar-refractivity contribution in [2.24, 2.45) is 0 Å². The minimum atomic E-state index is 0.513. The van der Waals surface area contributed by atoms with Crippen molar-refractivity contribution in [3.8, 4) is 11.5 Å². The van der Waals surface area contributed by atoms with E-state index in [1.54, 1.807) is 6.20 Å². The first-order chi connectivity index (χ1) is 13.8. The minimum Gasteiger partial charge on any atom is -0.490 e. The van der Waals surface area contributed by atoms with E-state index in [1.807, 2.05) is 43.7 Å². The van der Waals surface area contributed by atoms with E-state index in [0.29, 0.717) is 13.2 Å². The van der Waals surface area contributed by atoms with Crippen LogP contribution in [0.25, 0.3) is 0 Å². The van der Waals surface area contributed by atoms with Gasteiger partial charge in [-0.3, -0.25) is 0 Å². The van der Waals surface area contributed by atoms with Crippen molar-refractivity contribution in [3.05, 3.63) is 76.8 Å². The highest BCUT2D eigenvalue weighted by Gasteiger charge is 2.11. The van der Waals surface area contributed by atoms with Crippen LogP contribution in [0.5, 0.6) is 11.5 Å². The van der Waals surface area contributed by atoms with Crippen LogP contribution in [0.1, 0.15) is 24.5 Å². The number of ether oxygens (including phenoxy) is 2. The first kappa shape index (κ1) is 20.4. The molecular weight excluding hydrogens is 418 g/mol. The molecular formula is C22H26BrN3O2. The van der Waals surface area contributed by atoms with Crippen LogP contribution in [0, 0.1) is 0 Å². The third-order valence-corrected chi connectivity index (χ3v) is 5.03. The second kappa shape index (κ2) is 10.9. The van der Waals surface area contributed by atoms with E-state index < -0.39 is 0 Å². The van der Waals surface area contributed by atoms with Gasteiger partial charge < -0.3 is 19.4 Å². The summed E-state index contributed by atoms with van der Waals surface area (Å²) in [7, 11) is 0.